The molecule has 0 atom stereocenters. The van der Waals surface area contributed by atoms with Crippen molar-refractivity contribution < 1.29 is 4.79 Å². The number of anilines is 2. The smallest absolute Gasteiger partial charge is 0.219 e. The van der Waals surface area contributed by atoms with Gasteiger partial charge >= 0.3 is 0 Å². The van der Waals surface area contributed by atoms with Crippen molar-refractivity contribution in [1.82, 2.24) is 4.98 Å². The summed E-state index contributed by atoms with van der Waals surface area (Å²) in [5.74, 6) is -0.361. The van der Waals surface area contributed by atoms with Gasteiger partial charge in [-0.2, -0.15) is 0 Å². The van der Waals surface area contributed by atoms with Crippen molar-refractivity contribution in [1.29, 1.82) is 0 Å². The average molecular weight is 337 g/mol. The lowest BCUT2D eigenvalue weighted by molar-refractivity contribution is -0.118. The monoisotopic (exact) mass is 336 g/mol. The Hall–Kier alpha value is -1.82. The van der Waals surface area contributed by atoms with Crippen LogP contribution in [0.3, 0.4) is 0 Å². The molecule has 0 saturated heterocycles. The van der Waals surface area contributed by atoms with E-state index < -0.39 is 5.54 Å². The molecule has 1 aromatic heterocycles. The maximum absolute atomic E-state index is 11.1. The van der Waals surface area contributed by atoms with Gasteiger partial charge in [0.1, 0.15) is 0 Å². The van der Waals surface area contributed by atoms with E-state index in [0.717, 1.165) is 21.1 Å². The van der Waals surface area contributed by atoms with Gasteiger partial charge in [0.15, 0.2) is 0 Å². The van der Waals surface area contributed by atoms with Crippen LogP contribution in [0.2, 0.25) is 0 Å². The molecule has 0 aliphatic rings. The van der Waals surface area contributed by atoms with E-state index >= 15 is 0 Å². The number of rotatable bonds is 4. The van der Waals surface area contributed by atoms with E-state index in [1.807, 2.05) is 32.0 Å². The Labute approximate surface area is 125 Å². The third-order valence-corrected chi connectivity index (χ3v) is 3.43. The standard InChI is InChI=1S/C14H17BrN4O/c1-14(2,6-12(17)20)19-13-9-5-8(15)3-4-11(9)18-7-10(13)16/h3-5,7H,6,16H2,1-2H3,(H2,17,20)(H,18,19). The Morgan fingerprint density at radius 1 is 1.45 bits per heavy atom. The minimum Gasteiger partial charge on any atom is -0.396 e. The van der Waals surface area contributed by atoms with Crippen LogP contribution in [-0.4, -0.2) is 16.4 Å². The Bertz CT molecular complexity index is 664. The molecule has 0 spiro atoms. The molecule has 20 heavy (non-hydrogen) atoms. The number of primary amides is 1. The Morgan fingerprint density at radius 3 is 2.80 bits per heavy atom. The van der Waals surface area contributed by atoms with Crippen LogP contribution in [-0.2, 0) is 4.79 Å². The first-order valence-electron chi connectivity index (χ1n) is 6.19. The minimum absolute atomic E-state index is 0.213. The molecular weight excluding hydrogens is 320 g/mol. The molecular formula is C14H17BrN4O. The number of nitrogens with zero attached hydrogens (tertiary/aromatic N) is 1. The molecule has 6 heteroatoms. The summed E-state index contributed by atoms with van der Waals surface area (Å²) < 4.78 is 0.938. The number of hydrogen-bond acceptors (Lipinski definition) is 4. The van der Waals surface area contributed by atoms with Crippen molar-refractivity contribution in [2.45, 2.75) is 25.8 Å². The van der Waals surface area contributed by atoms with Crippen LogP contribution < -0.4 is 16.8 Å². The van der Waals surface area contributed by atoms with Gasteiger partial charge in [0.25, 0.3) is 0 Å². The molecule has 0 aliphatic heterocycles. The molecule has 0 fully saturated rings. The molecule has 0 unspecified atom stereocenters. The third-order valence-electron chi connectivity index (χ3n) is 2.94. The summed E-state index contributed by atoms with van der Waals surface area (Å²) in [5, 5.41) is 4.20. The maximum Gasteiger partial charge on any atom is 0.219 e. The summed E-state index contributed by atoms with van der Waals surface area (Å²) in [6.45, 7) is 3.81. The first kappa shape index (κ1) is 14.6. The van der Waals surface area contributed by atoms with Gasteiger partial charge in [0, 0.05) is 21.8 Å². The number of aromatic nitrogens is 1. The van der Waals surface area contributed by atoms with Gasteiger partial charge in [-0.05, 0) is 32.0 Å². The second-order valence-corrected chi connectivity index (χ2v) is 6.32. The van der Waals surface area contributed by atoms with Crippen LogP contribution in [0.4, 0.5) is 11.4 Å². The number of nitrogen functional groups attached to an aromatic ring is 1. The van der Waals surface area contributed by atoms with Crippen LogP contribution in [0.5, 0.6) is 0 Å². The lowest BCUT2D eigenvalue weighted by Crippen LogP contribution is -2.36. The SMILES string of the molecule is CC(C)(CC(N)=O)Nc1c(N)cnc2ccc(Br)cc12. The molecule has 1 aromatic carbocycles. The Kier molecular flexibility index (Phi) is 3.85. The number of pyridine rings is 1. The van der Waals surface area contributed by atoms with Gasteiger partial charge in [-0.15, -0.1) is 0 Å². The maximum atomic E-state index is 11.1. The largest absolute Gasteiger partial charge is 0.396 e. The summed E-state index contributed by atoms with van der Waals surface area (Å²) in [4.78, 5) is 15.4. The van der Waals surface area contributed by atoms with Crippen molar-refractivity contribution in [3.63, 3.8) is 0 Å². The van der Waals surface area contributed by atoms with E-state index in [2.05, 4.69) is 26.2 Å². The topological polar surface area (TPSA) is 94.0 Å². The van der Waals surface area contributed by atoms with Gasteiger partial charge in [0.2, 0.25) is 5.91 Å². The summed E-state index contributed by atoms with van der Waals surface area (Å²) in [7, 11) is 0. The normalized spacial score (nSPS) is 11.6. The van der Waals surface area contributed by atoms with Crippen LogP contribution in [0.25, 0.3) is 10.9 Å². The lowest BCUT2D eigenvalue weighted by Gasteiger charge is -2.27. The summed E-state index contributed by atoms with van der Waals surface area (Å²) in [5.41, 5.74) is 12.9. The molecule has 5 nitrogen and oxygen atoms in total. The number of fused-ring (bicyclic) bond motifs is 1. The number of halogens is 1. The fourth-order valence-corrected chi connectivity index (χ4v) is 2.50. The fraction of sp³-hybridized carbons (Fsp3) is 0.286. The van der Waals surface area contributed by atoms with Crippen molar-refractivity contribution in [2.24, 2.45) is 5.73 Å². The quantitative estimate of drug-likeness (QED) is 0.799. The predicted octanol–water partition coefficient (Wildman–Crippen LogP) is 2.65. The van der Waals surface area contributed by atoms with Crippen LogP contribution in [0.1, 0.15) is 20.3 Å². The Balaban J connectivity index is 2.50. The lowest BCUT2D eigenvalue weighted by atomic mass is 9.99. The van der Waals surface area contributed by atoms with Crippen LogP contribution >= 0.6 is 15.9 Å². The van der Waals surface area contributed by atoms with E-state index in [1.165, 1.54) is 0 Å². The average Bonchev–Trinajstić information content (AvgIpc) is 2.31. The summed E-state index contributed by atoms with van der Waals surface area (Å²) >= 11 is 3.44. The highest BCUT2D eigenvalue weighted by atomic mass is 79.9. The van der Waals surface area contributed by atoms with Gasteiger partial charge in [-0.3, -0.25) is 9.78 Å². The molecule has 2 aromatic rings. The van der Waals surface area contributed by atoms with Gasteiger partial charge in [-0.1, -0.05) is 15.9 Å². The molecule has 5 N–H and O–H groups in total. The van der Waals surface area contributed by atoms with Crippen molar-refractivity contribution >= 4 is 44.1 Å². The number of benzene rings is 1. The molecule has 1 heterocycles. The van der Waals surface area contributed by atoms with E-state index in [0.29, 0.717) is 5.69 Å². The first-order chi connectivity index (χ1) is 9.28. The zero-order valence-corrected chi connectivity index (χ0v) is 13.0. The molecule has 0 saturated carbocycles. The van der Waals surface area contributed by atoms with E-state index in [9.17, 15) is 4.79 Å². The van der Waals surface area contributed by atoms with E-state index in [-0.39, 0.29) is 12.3 Å². The van der Waals surface area contributed by atoms with Crippen molar-refractivity contribution in [2.75, 3.05) is 11.1 Å². The zero-order valence-electron chi connectivity index (χ0n) is 11.4. The van der Waals surface area contributed by atoms with E-state index in [1.54, 1.807) is 6.20 Å². The predicted molar refractivity (Wildman–Crippen MR) is 85.4 cm³/mol. The van der Waals surface area contributed by atoms with Crippen LogP contribution in [0, 0.1) is 0 Å². The number of carbonyl (C=O) groups is 1. The molecule has 106 valence electrons. The third kappa shape index (κ3) is 3.19. The highest BCUT2D eigenvalue weighted by Crippen LogP contribution is 2.32. The second kappa shape index (κ2) is 5.28. The molecule has 1 amide bonds. The van der Waals surface area contributed by atoms with Gasteiger partial charge in [-0.25, -0.2) is 0 Å². The molecule has 0 radical (unpaired) electrons. The van der Waals surface area contributed by atoms with Crippen LogP contribution in [0.15, 0.2) is 28.9 Å². The van der Waals surface area contributed by atoms with E-state index in [4.69, 9.17) is 11.5 Å². The Morgan fingerprint density at radius 2 is 2.15 bits per heavy atom. The molecule has 0 bridgehead atoms. The van der Waals surface area contributed by atoms with Gasteiger partial charge < -0.3 is 16.8 Å². The number of nitrogens with one attached hydrogen (secondary N) is 1. The van der Waals surface area contributed by atoms with Crippen molar-refractivity contribution in [3.05, 3.63) is 28.9 Å². The molecule has 0 aliphatic carbocycles. The zero-order chi connectivity index (χ0) is 14.9. The molecule has 2 rings (SSSR count). The highest BCUT2D eigenvalue weighted by molar-refractivity contribution is 9.10. The fourth-order valence-electron chi connectivity index (χ4n) is 2.14. The second-order valence-electron chi connectivity index (χ2n) is 5.40. The van der Waals surface area contributed by atoms with Crippen molar-refractivity contribution in [3.8, 4) is 0 Å². The van der Waals surface area contributed by atoms with Gasteiger partial charge in [0.05, 0.1) is 23.1 Å². The number of hydrogen-bond donors (Lipinski definition) is 3. The minimum atomic E-state index is -0.490. The number of carbonyl (C=O) groups excluding carboxylic acids is 1. The summed E-state index contributed by atoms with van der Waals surface area (Å²) in [6, 6.07) is 5.77. The highest BCUT2D eigenvalue weighted by Gasteiger charge is 2.22. The first-order valence-corrected chi connectivity index (χ1v) is 6.98. The summed E-state index contributed by atoms with van der Waals surface area (Å²) in [6.07, 6.45) is 1.82. The number of amides is 1. The number of nitrogens with two attached hydrogens (primary N) is 2.